The number of aliphatic carboxylic acids is 1. The van der Waals surface area contributed by atoms with Crippen LogP contribution in [-0.4, -0.2) is 29.2 Å². The van der Waals surface area contributed by atoms with E-state index in [1.54, 1.807) is 25.3 Å². The minimum atomic E-state index is -1.02. The van der Waals surface area contributed by atoms with Gasteiger partial charge in [0, 0.05) is 17.1 Å². The number of carbonyl (C=O) groups excluding carboxylic acids is 1. The maximum Gasteiger partial charge on any atom is 0.332 e. The van der Waals surface area contributed by atoms with Gasteiger partial charge in [0.25, 0.3) is 5.91 Å². The lowest BCUT2D eigenvalue weighted by Gasteiger charge is -2.18. The molecule has 0 fully saturated rings. The number of hydrogen-bond acceptors (Lipinski definition) is 4. The Morgan fingerprint density at radius 1 is 1.18 bits per heavy atom. The number of methoxy groups -OCH3 is 1. The second kappa shape index (κ2) is 8.33. The van der Waals surface area contributed by atoms with Crippen LogP contribution >= 0.6 is 0 Å². The van der Waals surface area contributed by atoms with Crippen LogP contribution in [0, 0.1) is 5.92 Å². The summed E-state index contributed by atoms with van der Waals surface area (Å²) in [6.07, 6.45) is 5.01. The van der Waals surface area contributed by atoms with Gasteiger partial charge in [0.05, 0.1) is 12.8 Å². The third-order valence-electron chi connectivity index (χ3n) is 5.35. The second-order valence-electron chi connectivity index (χ2n) is 7.21. The fraction of sp³-hybridized carbons (Fsp3) is 0.364. The van der Waals surface area contributed by atoms with E-state index in [0.29, 0.717) is 36.3 Å². The van der Waals surface area contributed by atoms with Crippen LogP contribution < -0.4 is 5.32 Å². The molecule has 0 radical (unpaired) electrons. The molecule has 0 aromatic heterocycles. The van der Waals surface area contributed by atoms with Crippen LogP contribution in [0.1, 0.15) is 44.6 Å². The largest absolute Gasteiger partial charge is 0.508 e. The van der Waals surface area contributed by atoms with Crippen molar-refractivity contribution in [2.24, 2.45) is 5.92 Å². The van der Waals surface area contributed by atoms with Crippen molar-refractivity contribution in [1.82, 2.24) is 5.32 Å². The molecule has 0 saturated carbocycles. The summed E-state index contributed by atoms with van der Waals surface area (Å²) in [5.74, 6) is -0.613. The van der Waals surface area contributed by atoms with Gasteiger partial charge in [-0.2, -0.15) is 0 Å². The van der Waals surface area contributed by atoms with E-state index >= 15 is 0 Å². The van der Waals surface area contributed by atoms with Gasteiger partial charge < -0.3 is 20.3 Å². The quantitative estimate of drug-likeness (QED) is 0.720. The van der Waals surface area contributed by atoms with Crippen LogP contribution in [0.2, 0.25) is 0 Å². The number of phenols is 1. The molecule has 1 unspecified atom stereocenters. The van der Waals surface area contributed by atoms with Gasteiger partial charge >= 0.3 is 5.97 Å². The van der Waals surface area contributed by atoms with E-state index in [9.17, 15) is 19.8 Å². The average molecular weight is 383 g/mol. The van der Waals surface area contributed by atoms with Crippen molar-refractivity contribution in [3.63, 3.8) is 0 Å². The van der Waals surface area contributed by atoms with E-state index in [2.05, 4.69) is 5.32 Å². The number of aromatic hydroxyl groups is 1. The van der Waals surface area contributed by atoms with Gasteiger partial charge in [-0.1, -0.05) is 19.1 Å². The third-order valence-corrected chi connectivity index (χ3v) is 5.35. The number of carbonyl (C=O) groups is 2. The monoisotopic (exact) mass is 383 g/mol. The van der Waals surface area contributed by atoms with Crippen LogP contribution in [-0.2, 0) is 14.3 Å². The van der Waals surface area contributed by atoms with Crippen molar-refractivity contribution in [3.05, 3.63) is 58.5 Å². The number of hydrogen-bond donors (Lipinski definition) is 3. The summed E-state index contributed by atoms with van der Waals surface area (Å²) < 4.78 is 5.57. The maximum absolute atomic E-state index is 12.8. The molecule has 1 atom stereocenters. The molecule has 3 N–H and O–H groups in total. The molecule has 28 heavy (non-hydrogen) atoms. The highest BCUT2D eigenvalue weighted by molar-refractivity contribution is 6.03. The lowest BCUT2D eigenvalue weighted by atomic mass is 9.97. The van der Waals surface area contributed by atoms with Crippen LogP contribution in [0.25, 0.3) is 5.57 Å². The number of ether oxygens (including phenoxy) is 1. The van der Waals surface area contributed by atoms with Crippen molar-refractivity contribution in [3.8, 4) is 5.75 Å². The molecule has 3 rings (SSSR count). The molecule has 0 aliphatic heterocycles. The number of benzene rings is 1. The minimum absolute atomic E-state index is 0.0280. The van der Waals surface area contributed by atoms with Gasteiger partial charge in [-0.05, 0) is 61.4 Å². The first-order valence-electron chi connectivity index (χ1n) is 9.45. The summed E-state index contributed by atoms with van der Waals surface area (Å²) >= 11 is 0. The second-order valence-corrected chi connectivity index (χ2v) is 7.21. The number of allylic oxidation sites excluding steroid dienone is 3. The molecule has 1 aromatic carbocycles. The highest BCUT2D eigenvalue weighted by Crippen LogP contribution is 2.34. The number of carboxylic acid groups (broad SMARTS) is 1. The van der Waals surface area contributed by atoms with Crippen molar-refractivity contribution in [1.29, 1.82) is 0 Å². The number of amides is 1. The highest BCUT2D eigenvalue weighted by Gasteiger charge is 2.28. The van der Waals surface area contributed by atoms with Gasteiger partial charge in [-0.15, -0.1) is 0 Å². The van der Waals surface area contributed by atoms with Gasteiger partial charge in [0.1, 0.15) is 11.5 Å². The normalized spacial score (nSPS) is 19.9. The lowest BCUT2D eigenvalue weighted by Crippen LogP contribution is -2.29. The smallest absolute Gasteiger partial charge is 0.332 e. The van der Waals surface area contributed by atoms with Gasteiger partial charge in [0.2, 0.25) is 0 Å². The summed E-state index contributed by atoms with van der Waals surface area (Å²) in [4.78, 5) is 24.1. The zero-order valence-corrected chi connectivity index (χ0v) is 16.1. The number of nitrogens with one attached hydrogen (secondary N) is 1. The molecule has 6 nitrogen and oxygen atoms in total. The molecule has 1 amide bonds. The SMILES string of the molecule is COC1=C(NC(=O)C2=C(C(=O)O)CCC2)C(C)CCC(c2cccc(O)c2)=C1. The first-order chi connectivity index (χ1) is 13.4. The van der Waals surface area contributed by atoms with E-state index in [4.69, 9.17) is 4.74 Å². The van der Waals surface area contributed by atoms with Gasteiger partial charge in [-0.25, -0.2) is 4.79 Å². The Bertz CT molecular complexity index is 894. The van der Waals surface area contributed by atoms with Crippen molar-refractivity contribution < 1.29 is 24.5 Å². The standard InChI is InChI=1S/C22H25NO5/c1-13-9-10-15(14-5-3-6-16(24)11-14)12-19(28-2)20(13)23-21(25)17-7-4-8-18(17)22(26)27/h3,5-6,11-13,24H,4,7-10H2,1-2H3,(H,23,25)(H,26,27). The number of carboxylic acids is 1. The summed E-state index contributed by atoms with van der Waals surface area (Å²) in [5.41, 5.74) is 3.13. The fourth-order valence-corrected chi connectivity index (χ4v) is 3.78. The Morgan fingerprint density at radius 3 is 2.61 bits per heavy atom. The summed E-state index contributed by atoms with van der Waals surface area (Å²) in [6.45, 7) is 2.01. The van der Waals surface area contributed by atoms with E-state index in [-0.39, 0.29) is 23.1 Å². The Labute approximate surface area is 164 Å². The summed E-state index contributed by atoms with van der Waals surface area (Å²) in [7, 11) is 1.55. The average Bonchev–Trinajstić information content (AvgIpc) is 3.11. The molecule has 6 heteroatoms. The first-order valence-corrected chi connectivity index (χ1v) is 9.45. The van der Waals surface area contributed by atoms with Crippen LogP contribution in [0.5, 0.6) is 5.75 Å². The third kappa shape index (κ3) is 4.11. The summed E-state index contributed by atoms with van der Waals surface area (Å²) in [5, 5.41) is 22.0. The molecule has 0 spiro atoms. The van der Waals surface area contributed by atoms with Crippen molar-refractivity contribution in [2.45, 2.75) is 39.0 Å². The zero-order valence-electron chi connectivity index (χ0n) is 16.1. The minimum Gasteiger partial charge on any atom is -0.508 e. The van der Waals surface area contributed by atoms with Gasteiger partial charge in [-0.3, -0.25) is 4.79 Å². The van der Waals surface area contributed by atoms with Gasteiger partial charge in [0.15, 0.2) is 0 Å². The highest BCUT2D eigenvalue weighted by atomic mass is 16.5. The van der Waals surface area contributed by atoms with E-state index in [1.807, 2.05) is 19.1 Å². The van der Waals surface area contributed by atoms with E-state index < -0.39 is 5.97 Å². The first kappa shape index (κ1) is 19.7. The predicted molar refractivity (Wildman–Crippen MR) is 105 cm³/mol. The molecular weight excluding hydrogens is 358 g/mol. The van der Waals surface area contributed by atoms with E-state index in [0.717, 1.165) is 24.0 Å². The van der Waals surface area contributed by atoms with Crippen LogP contribution in [0.15, 0.2) is 52.9 Å². The van der Waals surface area contributed by atoms with E-state index in [1.165, 1.54) is 0 Å². The predicted octanol–water partition coefficient (Wildman–Crippen LogP) is 3.74. The fourth-order valence-electron chi connectivity index (χ4n) is 3.78. The molecule has 2 aliphatic rings. The molecular formula is C22H25NO5. The van der Waals surface area contributed by atoms with Crippen LogP contribution in [0.4, 0.5) is 0 Å². The number of rotatable bonds is 5. The Hall–Kier alpha value is -3.02. The molecule has 1 aromatic rings. The Balaban J connectivity index is 1.94. The van der Waals surface area contributed by atoms with Crippen molar-refractivity contribution in [2.75, 3.05) is 7.11 Å². The Morgan fingerprint density at radius 2 is 1.93 bits per heavy atom. The molecule has 0 saturated heterocycles. The molecule has 0 bridgehead atoms. The maximum atomic E-state index is 12.8. The van der Waals surface area contributed by atoms with Crippen LogP contribution in [0.3, 0.4) is 0 Å². The topological polar surface area (TPSA) is 95.9 Å². The summed E-state index contributed by atoms with van der Waals surface area (Å²) in [6, 6.07) is 7.04. The lowest BCUT2D eigenvalue weighted by molar-refractivity contribution is -0.133. The van der Waals surface area contributed by atoms with Crippen molar-refractivity contribution >= 4 is 17.4 Å². The Kier molecular flexibility index (Phi) is 5.87. The zero-order chi connectivity index (χ0) is 20.3. The number of phenolic OH excluding ortho intramolecular Hbond substituents is 1. The molecule has 2 aliphatic carbocycles. The molecule has 148 valence electrons. The molecule has 0 heterocycles.